The van der Waals surface area contributed by atoms with Crippen LogP contribution in [0.25, 0.3) is 0 Å². The molecule has 21 heteroatoms. The molecule has 0 N–H and O–H groups in total. The van der Waals surface area contributed by atoms with Gasteiger partial charge in [0.2, 0.25) is 0 Å². The molecule has 2 fully saturated rings. The minimum atomic E-state index is -7.03. The molecule has 208 valence electrons. The van der Waals surface area contributed by atoms with Crippen molar-refractivity contribution in [2.24, 2.45) is 10.8 Å². The largest absolute Gasteiger partial charge is 0.414 e. The van der Waals surface area contributed by atoms with Crippen molar-refractivity contribution in [1.82, 2.24) is 0 Å². The van der Waals surface area contributed by atoms with E-state index in [1.165, 1.54) is 0 Å². The Morgan fingerprint density at radius 2 is 0.600 bits per heavy atom. The number of hydrogen-bond acceptors (Lipinski definition) is 3. The second-order valence-electron chi connectivity index (χ2n) is 7.33. The first kappa shape index (κ1) is 29.8. The number of hydrogen-bond donors (Lipinski definition) is 0. The van der Waals surface area contributed by atoms with Crippen LogP contribution in [0.2, 0.25) is 0 Å². The summed E-state index contributed by atoms with van der Waals surface area (Å²) in [5, 5.41) is 0. The fourth-order valence-electron chi connectivity index (χ4n) is 3.53. The van der Waals surface area contributed by atoms with Crippen molar-refractivity contribution in [1.29, 1.82) is 0 Å². The van der Waals surface area contributed by atoms with E-state index in [9.17, 15) is 79.0 Å². The summed E-state index contributed by atoms with van der Waals surface area (Å²) < 4.78 is 244. The Balaban J connectivity index is 2.16. The minimum absolute atomic E-state index is 1.70. The highest BCUT2D eigenvalue weighted by atomic mass is 19.4. The average molecular weight is 566 g/mol. The van der Waals surface area contributed by atoms with Crippen LogP contribution >= 0.6 is 0 Å². The zero-order chi connectivity index (χ0) is 27.8. The number of rotatable bonds is 6. The standard InChI is InChI=1S/C14H8F18O3/c15-9(16,17)7(10(18,19)20,11(21,22)23)5-3(34-5)1-33-2-4-6(35-4)8(12(24,25)26,13(27,28)29)14(30,31)32/h3-6H,1-2H2. The molecule has 0 aliphatic carbocycles. The molecule has 2 aliphatic rings. The summed E-state index contributed by atoms with van der Waals surface area (Å²) in [5.41, 5.74) is -12.9. The van der Waals surface area contributed by atoms with Gasteiger partial charge in [-0.25, -0.2) is 0 Å². The number of epoxide rings is 2. The molecule has 0 bridgehead atoms. The molecule has 4 atom stereocenters. The molecule has 0 radical (unpaired) electrons. The Labute approximate surface area is 180 Å². The van der Waals surface area contributed by atoms with Crippen molar-refractivity contribution in [2.75, 3.05) is 13.2 Å². The topological polar surface area (TPSA) is 34.3 Å². The quantitative estimate of drug-likeness (QED) is 0.298. The van der Waals surface area contributed by atoms with Crippen molar-refractivity contribution in [3.63, 3.8) is 0 Å². The monoisotopic (exact) mass is 566 g/mol. The zero-order valence-electron chi connectivity index (χ0n) is 15.8. The van der Waals surface area contributed by atoms with E-state index in [1.54, 1.807) is 0 Å². The first-order valence-electron chi connectivity index (χ1n) is 8.48. The molecule has 4 unspecified atom stereocenters. The SMILES string of the molecule is FC(F)(F)C(C1OC1COCC1OC1C(C(F)(F)F)(C(F)(F)F)C(F)(F)F)(C(F)(F)F)C(F)(F)F. The van der Waals surface area contributed by atoms with Gasteiger partial charge in [0.1, 0.15) is 24.4 Å². The van der Waals surface area contributed by atoms with Gasteiger partial charge in [0, 0.05) is 0 Å². The second-order valence-corrected chi connectivity index (χ2v) is 7.33. The highest BCUT2D eigenvalue weighted by molar-refractivity contribution is 5.14. The lowest BCUT2D eigenvalue weighted by Crippen LogP contribution is -2.63. The predicted molar refractivity (Wildman–Crippen MR) is 69.3 cm³/mol. The van der Waals surface area contributed by atoms with Crippen LogP contribution in [0.5, 0.6) is 0 Å². The minimum Gasteiger partial charge on any atom is -0.376 e. The molecule has 0 aromatic carbocycles. The molecule has 0 amide bonds. The zero-order valence-corrected chi connectivity index (χ0v) is 15.8. The average Bonchev–Trinajstić information content (AvgIpc) is 3.39. The molecule has 2 aliphatic heterocycles. The van der Waals surface area contributed by atoms with Crippen LogP contribution in [0.4, 0.5) is 79.0 Å². The number of alkyl halides is 18. The third kappa shape index (κ3) is 4.48. The van der Waals surface area contributed by atoms with E-state index >= 15 is 0 Å². The van der Waals surface area contributed by atoms with Crippen LogP contribution in [0.15, 0.2) is 0 Å². The van der Waals surface area contributed by atoms with Crippen LogP contribution in [0.1, 0.15) is 0 Å². The third-order valence-electron chi connectivity index (χ3n) is 5.27. The van der Waals surface area contributed by atoms with Crippen LogP contribution in [-0.2, 0) is 14.2 Å². The highest BCUT2D eigenvalue weighted by Crippen LogP contribution is 2.67. The first-order chi connectivity index (χ1) is 15.2. The normalized spacial score (nSPS) is 27.3. The fourth-order valence-corrected chi connectivity index (χ4v) is 3.53. The number of ether oxygens (including phenoxy) is 3. The lowest BCUT2D eigenvalue weighted by Gasteiger charge is -2.37. The smallest absolute Gasteiger partial charge is 0.376 e. The van der Waals surface area contributed by atoms with Crippen LogP contribution in [-0.4, -0.2) is 74.7 Å². The summed E-state index contributed by atoms with van der Waals surface area (Å²) in [6, 6.07) is 0. The first-order valence-corrected chi connectivity index (χ1v) is 8.48. The van der Waals surface area contributed by atoms with Gasteiger partial charge in [-0.2, -0.15) is 79.0 Å². The summed E-state index contributed by atoms with van der Waals surface area (Å²) in [4.78, 5) is 0. The van der Waals surface area contributed by atoms with Gasteiger partial charge in [0.15, 0.2) is 0 Å². The molecule has 2 saturated heterocycles. The lowest BCUT2D eigenvalue weighted by atomic mass is 9.80. The Bertz CT molecular complexity index is 632. The molecular weight excluding hydrogens is 558 g/mol. The predicted octanol–water partition coefficient (Wildman–Crippen LogP) is 5.88. The Hall–Kier alpha value is -1.38. The summed E-state index contributed by atoms with van der Waals surface area (Å²) in [6.07, 6.45) is -54.9. The Morgan fingerprint density at radius 3 is 0.771 bits per heavy atom. The Morgan fingerprint density at radius 1 is 0.400 bits per heavy atom. The van der Waals surface area contributed by atoms with Gasteiger partial charge in [0.25, 0.3) is 10.8 Å². The van der Waals surface area contributed by atoms with Crippen LogP contribution in [0.3, 0.4) is 0 Å². The van der Waals surface area contributed by atoms with Gasteiger partial charge in [-0.15, -0.1) is 0 Å². The maximum Gasteiger partial charge on any atom is 0.414 e. The van der Waals surface area contributed by atoms with E-state index in [2.05, 4.69) is 14.2 Å². The summed E-state index contributed by atoms with van der Waals surface area (Å²) in [6.45, 7) is -3.39. The summed E-state index contributed by atoms with van der Waals surface area (Å²) >= 11 is 0. The van der Waals surface area contributed by atoms with Crippen LogP contribution in [0, 0.1) is 10.8 Å². The van der Waals surface area contributed by atoms with Gasteiger partial charge >= 0.3 is 37.1 Å². The molecule has 0 aromatic rings. The van der Waals surface area contributed by atoms with Crippen molar-refractivity contribution >= 4 is 0 Å². The van der Waals surface area contributed by atoms with E-state index in [4.69, 9.17) is 0 Å². The molecule has 3 nitrogen and oxygen atoms in total. The third-order valence-corrected chi connectivity index (χ3v) is 5.27. The van der Waals surface area contributed by atoms with Crippen molar-refractivity contribution < 1.29 is 93.2 Å². The molecule has 0 aromatic heterocycles. The van der Waals surface area contributed by atoms with Gasteiger partial charge in [-0.05, 0) is 0 Å². The van der Waals surface area contributed by atoms with Crippen molar-refractivity contribution in [3.05, 3.63) is 0 Å². The van der Waals surface area contributed by atoms with Gasteiger partial charge in [0.05, 0.1) is 13.2 Å². The van der Waals surface area contributed by atoms with Gasteiger partial charge < -0.3 is 14.2 Å². The van der Waals surface area contributed by atoms with E-state index < -0.39 is 85.5 Å². The maximum absolute atomic E-state index is 12.9. The molecule has 35 heavy (non-hydrogen) atoms. The maximum atomic E-state index is 12.9. The summed E-state index contributed by atoms with van der Waals surface area (Å²) in [5.74, 6) is 0. The lowest BCUT2D eigenvalue weighted by molar-refractivity contribution is -0.433. The van der Waals surface area contributed by atoms with Crippen molar-refractivity contribution in [3.8, 4) is 0 Å². The van der Waals surface area contributed by atoms with E-state index in [0.717, 1.165) is 0 Å². The van der Waals surface area contributed by atoms with Crippen LogP contribution < -0.4 is 0 Å². The second kappa shape index (κ2) is 8.06. The van der Waals surface area contributed by atoms with E-state index in [-0.39, 0.29) is 0 Å². The molecule has 2 rings (SSSR count). The molecule has 0 spiro atoms. The van der Waals surface area contributed by atoms with Gasteiger partial charge in [-0.3, -0.25) is 0 Å². The molecular formula is C14H8F18O3. The molecule has 0 saturated carbocycles. The fraction of sp³-hybridized carbons (Fsp3) is 1.00. The van der Waals surface area contributed by atoms with E-state index in [0.29, 0.717) is 0 Å². The van der Waals surface area contributed by atoms with Crippen molar-refractivity contribution in [2.45, 2.75) is 61.5 Å². The Kier molecular flexibility index (Phi) is 6.87. The van der Waals surface area contributed by atoms with E-state index in [1.807, 2.05) is 0 Å². The summed E-state index contributed by atoms with van der Waals surface area (Å²) in [7, 11) is 0. The molecule has 2 heterocycles. The van der Waals surface area contributed by atoms with Gasteiger partial charge in [-0.1, -0.05) is 0 Å². The number of halogens is 18. The highest BCUT2D eigenvalue weighted by Gasteiger charge is 2.92.